The molecule has 0 aliphatic heterocycles. The molecule has 7 aromatic carbocycles. The highest BCUT2D eigenvalue weighted by Crippen LogP contribution is 2.39. The smallest absolute Gasteiger partial charge is 0.0792 e. The quantitative estimate of drug-likeness (QED) is 0.119. The molecule has 7 rings (SSSR count). The van der Waals surface area contributed by atoms with Gasteiger partial charge in [-0.15, -0.1) is 0 Å². The molecule has 0 aromatic heterocycles. The van der Waals surface area contributed by atoms with Gasteiger partial charge in [0.25, 0.3) is 0 Å². The summed E-state index contributed by atoms with van der Waals surface area (Å²) in [5.41, 5.74) is 7.01. The second-order valence-electron chi connectivity index (χ2n) is 14.7. The van der Waals surface area contributed by atoms with E-state index in [-0.39, 0.29) is 0 Å². The highest BCUT2D eigenvalue weighted by Gasteiger charge is 2.30. The number of hydrogen-bond acceptors (Lipinski definition) is 2. The summed E-state index contributed by atoms with van der Waals surface area (Å²) >= 11 is 0. The predicted octanol–water partition coefficient (Wildman–Crippen LogP) is 12.0. The molecular weight excluding hydrogens is 613 g/mol. The van der Waals surface area contributed by atoms with Crippen molar-refractivity contribution in [2.75, 3.05) is 9.80 Å². The number of nitrogens with zero attached hydrogens (tertiary/aromatic N) is 2. The number of anilines is 6. The first-order valence-corrected chi connectivity index (χ1v) is 24.0. The highest BCUT2D eigenvalue weighted by atomic mass is 28.3. The molecule has 0 spiro atoms. The zero-order valence-electron chi connectivity index (χ0n) is 28.9. The van der Waals surface area contributed by atoms with Gasteiger partial charge in [0.15, 0.2) is 0 Å². The van der Waals surface area contributed by atoms with Crippen molar-refractivity contribution in [2.45, 2.75) is 39.3 Å². The standard InChI is InChI=1S/C44H44N2Si2/c1-47(2,3)43-39-29-27-37(45(33-19-11-7-12-20-33)34-21-13-8-14-22-34)31-41(39)44(48(4,5)6)42-32-38(28-30-40(42)43)46(35-23-15-9-16-24-35)36-25-17-10-18-26-36/h7-32H,1-6H3. The number of para-hydroxylation sites is 4. The third-order valence-corrected chi connectivity index (χ3v) is 13.2. The number of rotatable bonds is 8. The third kappa shape index (κ3) is 5.98. The Labute approximate surface area is 287 Å². The van der Waals surface area contributed by atoms with Crippen molar-refractivity contribution in [3.05, 3.63) is 158 Å². The normalized spacial score (nSPS) is 12.0. The van der Waals surface area contributed by atoms with E-state index in [1.165, 1.54) is 38.1 Å². The molecule has 0 bridgehead atoms. The molecule has 0 fully saturated rings. The first-order chi connectivity index (χ1) is 23.1. The van der Waals surface area contributed by atoms with Crippen LogP contribution in [0, 0.1) is 0 Å². The fraction of sp³-hybridized carbons (Fsp3) is 0.136. The van der Waals surface area contributed by atoms with Gasteiger partial charge in [-0.3, -0.25) is 0 Å². The van der Waals surface area contributed by atoms with Crippen molar-refractivity contribution >= 4 is 82.2 Å². The Kier molecular flexibility index (Phi) is 8.32. The molecule has 0 atom stereocenters. The van der Waals surface area contributed by atoms with Crippen molar-refractivity contribution < 1.29 is 0 Å². The monoisotopic (exact) mass is 656 g/mol. The summed E-state index contributed by atoms with van der Waals surface area (Å²) in [6, 6.07) is 57.6. The Bertz CT molecular complexity index is 1960. The molecule has 0 heterocycles. The zero-order chi connectivity index (χ0) is 33.5. The summed E-state index contributed by atoms with van der Waals surface area (Å²) in [4.78, 5) is 4.80. The average Bonchev–Trinajstić information content (AvgIpc) is 3.08. The summed E-state index contributed by atoms with van der Waals surface area (Å²) in [7, 11) is -3.70. The van der Waals surface area contributed by atoms with Crippen LogP contribution in [0.1, 0.15) is 0 Å². The summed E-state index contributed by atoms with van der Waals surface area (Å²) in [5.74, 6) is 0. The molecule has 0 saturated heterocycles. The topological polar surface area (TPSA) is 6.48 Å². The van der Waals surface area contributed by atoms with Gasteiger partial charge in [0.1, 0.15) is 0 Å². The van der Waals surface area contributed by atoms with E-state index in [9.17, 15) is 0 Å². The van der Waals surface area contributed by atoms with E-state index < -0.39 is 16.1 Å². The molecule has 0 N–H and O–H groups in total. The van der Waals surface area contributed by atoms with Crippen LogP contribution in [-0.4, -0.2) is 16.1 Å². The van der Waals surface area contributed by atoms with E-state index in [1.807, 2.05) is 0 Å². The van der Waals surface area contributed by atoms with Gasteiger partial charge in [0, 0.05) is 34.1 Å². The Morgan fingerprint density at radius 1 is 0.292 bits per heavy atom. The van der Waals surface area contributed by atoms with Crippen molar-refractivity contribution in [2.24, 2.45) is 0 Å². The zero-order valence-corrected chi connectivity index (χ0v) is 30.9. The molecular formula is C44H44N2Si2. The van der Waals surface area contributed by atoms with Crippen LogP contribution in [0.25, 0.3) is 21.5 Å². The summed E-state index contributed by atoms with van der Waals surface area (Å²) < 4.78 is 0. The Morgan fingerprint density at radius 2 is 0.562 bits per heavy atom. The molecule has 238 valence electrons. The van der Waals surface area contributed by atoms with E-state index in [1.54, 1.807) is 5.19 Å². The lowest BCUT2D eigenvalue weighted by Gasteiger charge is -2.32. The molecule has 0 aliphatic carbocycles. The Morgan fingerprint density at radius 3 is 0.833 bits per heavy atom. The lowest BCUT2D eigenvalue weighted by molar-refractivity contribution is 1.29. The molecule has 2 nitrogen and oxygen atoms in total. The van der Waals surface area contributed by atoms with Crippen molar-refractivity contribution in [3.8, 4) is 0 Å². The van der Waals surface area contributed by atoms with Gasteiger partial charge in [-0.2, -0.15) is 0 Å². The Balaban J connectivity index is 1.56. The largest absolute Gasteiger partial charge is 0.310 e. The molecule has 0 saturated carbocycles. The van der Waals surface area contributed by atoms with E-state index in [0.717, 1.165) is 22.7 Å². The summed E-state index contributed by atoms with van der Waals surface area (Å²) in [6.45, 7) is 15.0. The second kappa shape index (κ2) is 12.6. The minimum Gasteiger partial charge on any atom is -0.310 e. The number of benzene rings is 7. The molecule has 0 unspecified atom stereocenters. The van der Waals surface area contributed by atoms with Gasteiger partial charge < -0.3 is 9.80 Å². The van der Waals surface area contributed by atoms with Gasteiger partial charge in [-0.05, 0) is 105 Å². The Hall–Kier alpha value is -4.91. The minimum absolute atomic E-state index is 1.16. The van der Waals surface area contributed by atoms with Gasteiger partial charge >= 0.3 is 0 Å². The van der Waals surface area contributed by atoms with Gasteiger partial charge in [-0.25, -0.2) is 0 Å². The van der Waals surface area contributed by atoms with Crippen molar-refractivity contribution in [1.29, 1.82) is 0 Å². The van der Waals surface area contributed by atoms with Crippen molar-refractivity contribution in [1.82, 2.24) is 0 Å². The number of hydrogen-bond donors (Lipinski definition) is 0. The first kappa shape index (κ1) is 31.7. The molecule has 7 aromatic rings. The van der Waals surface area contributed by atoms with Crippen LogP contribution >= 0.6 is 0 Å². The maximum absolute atomic E-state index is 2.51. The first-order valence-electron chi connectivity index (χ1n) is 17.0. The van der Waals surface area contributed by atoms with Crippen LogP contribution in [0.15, 0.2) is 158 Å². The summed E-state index contributed by atoms with van der Waals surface area (Å²) in [6.07, 6.45) is 0. The van der Waals surface area contributed by atoms with Crippen LogP contribution in [0.5, 0.6) is 0 Å². The van der Waals surface area contributed by atoms with Crippen molar-refractivity contribution in [3.63, 3.8) is 0 Å². The summed E-state index contributed by atoms with van der Waals surface area (Å²) in [5, 5.41) is 8.71. The van der Waals surface area contributed by atoms with Crippen LogP contribution in [0.3, 0.4) is 0 Å². The third-order valence-electron chi connectivity index (χ3n) is 9.16. The van der Waals surface area contributed by atoms with E-state index in [0.29, 0.717) is 0 Å². The maximum Gasteiger partial charge on any atom is 0.0792 e. The van der Waals surface area contributed by atoms with Crippen LogP contribution in [-0.2, 0) is 0 Å². The molecule has 0 aliphatic rings. The minimum atomic E-state index is -1.90. The van der Waals surface area contributed by atoms with Crippen LogP contribution in [0.2, 0.25) is 39.3 Å². The van der Waals surface area contributed by atoms with Crippen LogP contribution < -0.4 is 20.2 Å². The van der Waals surface area contributed by atoms with Gasteiger partial charge in [0.2, 0.25) is 0 Å². The second-order valence-corrected chi connectivity index (χ2v) is 24.7. The van der Waals surface area contributed by atoms with Crippen LogP contribution in [0.4, 0.5) is 34.1 Å². The highest BCUT2D eigenvalue weighted by molar-refractivity contribution is 6.95. The lowest BCUT2D eigenvalue weighted by atomic mass is 10.0. The fourth-order valence-corrected chi connectivity index (χ4v) is 11.4. The molecule has 0 amide bonds. The fourth-order valence-electron chi connectivity index (χ4n) is 7.30. The molecule has 0 radical (unpaired) electrons. The average molecular weight is 657 g/mol. The molecule has 48 heavy (non-hydrogen) atoms. The lowest BCUT2D eigenvalue weighted by Crippen LogP contribution is -2.44. The van der Waals surface area contributed by atoms with Gasteiger partial charge in [-0.1, -0.05) is 124 Å². The van der Waals surface area contributed by atoms with E-state index in [2.05, 4.69) is 207 Å². The SMILES string of the molecule is C[Si](C)(C)c1c2ccc(N(c3ccccc3)c3ccccc3)cc2c([Si](C)(C)C)c2cc(N(c3ccccc3)c3ccccc3)ccc12. The van der Waals surface area contributed by atoms with E-state index in [4.69, 9.17) is 0 Å². The van der Waals surface area contributed by atoms with E-state index >= 15 is 0 Å². The predicted molar refractivity (Wildman–Crippen MR) is 217 cm³/mol. The van der Waals surface area contributed by atoms with Gasteiger partial charge in [0.05, 0.1) is 16.1 Å². The number of fused-ring (bicyclic) bond motifs is 2. The molecule has 4 heteroatoms. The maximum atomic E-state index is 2.51.